The highest BCUT2D eigenvalue weighted by atomic mass is 16.6. The van der Waals surface area contributed by atoms with Gasteiger partial charge in [0.1, 0.15) is 22.7 Å². The van der Waals surface area contributed by atoms with Crippen LogP contribution >= 0.6 is 0 Å². The van der Waals surface area contributed by atoms with Gasteiger partial charge in [-0.05, 0) is 12.1 Å². The van der Waals surface area contributed by atoms with Crippen molar-refractivity contribution in [3.05, 3.63) is 56.6 Å². The molecule has 4 saturated heterocycles. The standard InChI is InChI=1S/C20H20N4O8/c25-17-5-13(1-3-15(17)23(27)28)31-19-7-20(10-21(8-19)12-22(9-19)11-20)32-14-2-4-16(24(29)30)18(26)6-14/h1-6,25-26H,7-12H2/t19-,20-. The summed E-state index contributed by atoms with van der Waals surface area (Å²) in [7, 11) is 0. The molecule has 4 heterocycles. The fourth-order valence-electron chi connectivity index (χ4n) is 5.28. The zero-order valence-corrected chi connectivity index (χ0v) is 16.8. The largest absolute Gasteiger partial charge is 0.502 e. The van der Waals surface area contributed by atoms with Gasteiger partial charge >= 0.3 is 11.4 Å². The minimum absolute atomic E-state index is 0.320. The van der Waals surface area contributed by atoms with Gasteiger partial charge in [0.25, 0.3) is 0 Å². The van der Waals surface area contributed by atoms with Crippen molar-refractivity contribution in [2.75, 3.05) is 32.8 Å². The number of nitro benzene ring substituents is 2. The van der Waals surface area contributed by atoms with E-state index in [0.717, 1.165) is 6.67 Å². The summed E-state index contributed by atoms with van der Waals surface area (Å²) in [6, 6.07) is 7.81. The molecule has 12 nitrogen and oxygen atoms in total. The maximum absolute atomic E-state index is 11.0. The Morgan fingerprint density at radius 1 is 0.781 bits per heavy atom. The Morgan fingerprint density at radius 2 is 1.19 bits per heavy atom. The van der Waals surface area contributed by atoms with E-state index in [1.807, 2.05) is 0 Å². The molecule has 0 spiro atoms. The number of nitro groups is 2. The van der Waals surface area contributed by atoms with Crippen LogP contribution in [-0.2, 0) is 0 Å². The van der Waals surface area contributed by atoms with E-state index in [4.69, 9.17) is 9.47 Å². The van der Waals surface area contributed by atoms with Gasteiger partial charge in [0.15, 0.2) is 11.5 Å². The number of rotatable bonds is 6. The summed E-state index contributed by atoms with van der Waals surface area (Å²) < 4.78 is 12.6. The lowest BCUT2D eigenvalue weighted by atomic mass is 9.75. The van der Waals surface area contributed by atoms with Crippen LogP contribution in [0.5, 0.6) is 23.0 Å². The third kappa shape index (κ3) is 3.42. The van der Waals surface area contributed by atoms with Crippen molar-refractivity contribution in [3.63, 3.8) is 0 Å². The van der Waals surface area contributed by atoms with Crippen LogP contribution in [0.2, 0.25) is 0 Å². The van der Waals surface area contributed by atoms with Crippen LogP contribution in [0.3, 0.4) is 0 Å². The molecule has 0 amide bonds. The number of phenolic OH excluding ortho intramolecular Hbond substituents is 2. The third-order valence-electron chi connectivity index (χ3n) is 6.05. The third-order valence-corrected chi connectivity index (χ3v) is 6.05. The van der Waals surface area contributed by atoms with Crippen LogP contribution in [0.4, 0.5) is 11.4 Å². The first kappa shape index (κ1) is 20.3. The van der Waals surface area contributed by atoms with Crippen molar-refractivity contribution in [1.29, 1.82) is 0 Å². The van der Waals surface area contributed by atoms with Crippen LogP contribution in [0.15, 0.2) is 36.4 Å². The fourth-order valence-corrected chi connectivity index (χ4v) is 5.28. The highest BCUT2D eigenvalue weighted by molar-refractivity contribution is 5.50. The molecule has 0 atom stereocenters. The predicted molar refractivity (Wildman–Crippen MR) is 109 cm³/mol. The molecule has 0 aliphatic carbocycles. The van der Waals surface area contributed by atoms with Crippen LogP contribution in [0.25, 0.3) is 0 Å². The first-order valence-electron chi connectivity index (χ1n) is 9.94. The maximum atomic E-state index is 11.0. The van der Waals surface area contributed by atoms with E-state index in [2.05, 4.69) is 9.80 Å². The second-order valence-electron chi connectivity index (χ2n) is 8.68. The first-order valence-corrected chi connectivity index (χ1v) is 9.94. The molecule has 6 rings (SSSR count). The molecule has 0 aromatic heterocycles. The molecule has 4 aliphatic heterocycles. The average molecular weight is 444 g/mol. The van der Waals surface area contributed by atoms with E-state index in [0.29, 0.717) is 44.1 Å². The summed E-state index contributed by atoms with van der Waals surface area (Å²) in [5, 5.41) is 41.9. The van der Waals surface area contributed by atoms with E-state index < -0.39 is 43.9 Å². The minimum atomic E-state index is -0.667. The molecule has 0 radical (unpaired) electrons. The Balaban J connectivity index is 1.41. The SMILES string of the molecule is O=[N+]([O-])c1ccc(O[C@]23C[N@@]4C[N@](C[C@@](Oc5ccc([N+](=O)[O-])c(O)c5)(C4)C2)C3)cc1O. The molecule has 2 N–H and O–H groups in total. The van der Waals surface area contributed by atoms with Gasteiger partial charge in [-0.2, -0.15) is 0 Å². The quantitative estimate of drug-likeness (QED) is 0.499. The van der Waals surface area contributed by atoms with Gasteiger partial charge in [0, 0.05) is 56.9 Å². The number of nitrogens with zero attached hydrogens (tertiary/aromatic N) is 4. The number of phenols is 2. The van der Waals surface area contributed by atoms with Crippen molar-refractivity contribution in [1.82, 2.24) is 9.80 Å². The lowest BCUT2D eigenvalue weighted by molar-refractivity contribution is -0.386. The highest BCUT2D eigenvalue weighted by Gasteiger charge is 2.59. The van der Waals surface area contributed by atoms with Crippen molar-refractivity contribution < 1.29 is 29.5 Å². The molecular formula is C20H20N4O8. The summed E-state index contributed by atoms with van der Waals surface area (Å²) in [4.78, 5) is 24.9. The number of benzene rings is 2. The van der Waals surface area contributed by atoms with E-state index >= 15 is 0 Å². The Hall–Kier alpha value is -3.64. The monoisotopic (exact) mass is 444 g/mol. The van der Waals surface area contributed by atoms with Crippen molar-refractivity contribution in [2.24, 2.45) is 0 Å². The fraction of sp³-hybridized carbons (Fsp3) is 0.400. The van der Waals surface area contributed by atoms with Crippen molar-refractivity contribution in [3.8, 4) is 23.0 Å². The molecule has 0 saturated carbocycles. The molecule has 4 aliphatic rings. The van der Waals surface area contributed by atoms with Crippen LogP contribution in [0, 0.1) is 20.2 Å². The molecule has 4 bridgehead atoms. The molecule has 2 aromatic carbocycles. The number of aromatic hydroxyl groups is 2. The number of hydrogen-bond donors (Lipinski definition) is 2. The van der Waals surface area contributed by atoms with E-state index in [-0.39, 0.29) is 0 Å². The van der Waals surface area contributed by atoms with Crippen LogP contribution in [0.1, 0.15) is 6.42 Å². The predicted octanol–water partition coefficient (Wildman–Crippen LogP) is 1.84. The van der Waals surface area contributed by atoms with E-state index in [9.17, 15) is 30.4 Å². The molecule has 32 heavy (non-hydrogen) atoms. The summed E-state index contributed by atoms with van der Waals surface area (Å²) >= 11 is 0. The Labute approximate surface area is 181 Å². The number of hydrogen-bond acceptors (Lipinski definition) is 10. The smallest absolute Gasteiger partial charge is 0.310 e. The lowest BCUT2D eigenvalue weighted by Crippen LogP contribution is -2.79. The van der Waals surface area contributed by atoms with Gasteiger partial charge in [0.05, 0.1) is 16.5 Å². The summed E-state index contributed by atoms with van der Waals surface area (Å²) in [5.74, 6) is -0.295. The number of ether oxygens (including phenoxy) is 2. The molecular weight excluding hydrogens is 424 g/mol. The molecule has 12 heteroatoms. The Kier molecular flexibility index (Phi) is 4.39. The second-order valence-corrected chi connectivity index (χ2v) is 8.68. The van der Waals surface area contributed by atoms with Crippen LogP contribution < -0.4 is 9.47 Å². The van der Waals surface area contributed by atoms with Gasteiger partial charge in [-0.1, -0.05) is 0 Å². The van der Waals surface area contributed by atoms with Gasteiger partial charge in [0.2, 0.25) is 0 Å². The van der Waals surface area contributed by atoms with Crippen molar-refractivity contribution in [2.45, 2.75) is 17.6 Å². The zero-order valence-electron chi connectivity index (χ0n) is 16.8. The van der Waals surface area contributed by atoms with Crippen LogP contribution in [-0.4, -0.2) is 73.9 Å². The van der Waals surface area contributed by atoms with Gasteiger partial charge in [-0.3, -0.25) is 30.0 Å². The highest BCUT2D eigenvalue weighted by Crippen LogP contribution is 2.45. The molecule has 2 aromatic rings. The second kappa shape index (κ2) is 6.93. The average Bonchev–Trinajstić information content (AvgIpc) is 2.65. The maximum Gasteiger partial charge on any atom is 0.310 e. The van der Waals surface area contributed by atoms with Crippen molar-refractivity contribution >= 4 is 11.4 Å². The van der Waals surface area contributed by atoms with Gasteiger partial charge < -0.3 is 19.7 Å². The summed E-state index contributed by atoms with van der Waals surface area (Å²) in [6.45, 7) is 3.23. The summed E-state index contributed by atoms with van der Waals surface area (Å²) in [6.07, 6.45) is 0.502. The lowest BCUT2D eigenvalue weighted by Gasteiger charge is -2.62. The summed E-state index contributed by atoms with van der Waals surface area (Å²) in [5.41, 5.74) is -2.12. The van der Waals surface area contributed by atoms with E-state index in [1.165, 1.54) is 36.4 Å². The minimum Gasteiger partial charge on any atom is -0.502 e. The van der Waals surface area contributed by atoms with E-state index in [1.54, 1.807) is 0 Å². The zero-order chi connectivity index (χ0) is 22.7. The Morgan fingerprint density at radius 3 is 1.53 bits per heavy atom. The first-order chi connectivity index (χ1) is 15.2. The topological polar surface area (TPSA) is 152 Å². The van der Waals surface area contributed by atoms with Gasteiger partial charge in [-0.15, -0.1) is 0 Å². The molecule has 0 unspecified atom stereocenters. The Bertz CT molecular complexity index is 1030. The molecule has 4 fully saturated rings. The molecule has 168 valence electrons. The number of piperidine rings is 2. The van der Waals surface area contributed by atoms with Gasteiger partial charge in [-0.25, -0.2) is 0 Å². The normalized spacial score (nSPS) is 30.1.